The van der Waals surface area contributed by atoms with Gasteiger partial charge in [-0.1, -0.05) is 11.6 Å². The van der Waals surface area contributed by atoms with Gasteiger partial charge in [-0.3, -0.25) is 9.59 Å². The molecule has 0 spiro atoms. The fourth-order valence-corrected chi connectivity index (χ4v) is 4.23. The first-order valence-corrected chi connectivity index (χ1v) is 10.3. The predicted octanol–water partition coefficient (Wildman–Crippen LogP) is 3.92. The van der Waals surface area contributed by atoms with E-state index in [-0.39, 0.29) is 34.5 Å². The Morgan fingerprint density at radius 1 is 1.38 bits per heavy atom. The van der Waals surface area contributed by atoms with E-state index in [9.17, 15) is 19.5 Å². The van der Waals surface area contributed by atoms with Crippen molar-refractivity contribution < 1.29 is 14.7 Å². The van der Waals surface area contributed by atoms with Gasteiger partial charge < -0.3 is 20.3 Å². The SMILES string of the molecule is CCn1cc(Cl)c2scc(Nc3cc(NC(=O)C4CC4)ncc3C(=O)O)c2c1=O. The summed E-state index contributed by atoms with van der Waals surface area (Å²) in [6.45, 7) is 2.29. The van der Waals surface area contributed by atoms with Crippen LogP contribution in [0.1, 0.15) is 30.1 Å². The summed E-state index contributed by atoms with van der Waals surface area (Å²) in [6, 6.07) is 1.45. The highest BCUT2D eigenvalue weighted by Gasteiger charge is 2.30. The highest BCUT2D eigenvalue weighted by atomic mass is 35.5. The number of pyridine rings is 2. The molecule has 0 atom stereocenters. The lowest BCUT2D eigenvalue weighted by atomic mass is 10.2. The van der Waals surface area contributed by atoms with Crippen LogP contribution in [0.3, 0.4) is 0 Å². The van der Waals surface area contributed by atoms with E-state index >= 15 is 0 Å². The monoisotopic (exact) mass is 432 g/mol. The summed E-state index contributed by atoms with van der Waals surface area (Å²) in [5.41, 5.74) is 0.379. The fraction of sp³-hybridized carbons (Fsp3) is 0.263. The van der Waals surface area contributed by atoms with E-state index in [1.807, 2.05) is 6.92 Å². The van der Waals surface area contributed by atoms with Gasteiger partial charge in [0, 0.05) is 36.3 Å². The Morgan fingerprint density at radius 3 is 2.79 bits per heavy atom. The number of amides is 1. The number of rotatable bonds is 6. The van der Waals surface area contributed by atoms with Crippen molar-refractivity contribution >= 4 is 62.1 Å². The Kier molecular flexibility index (Phi) is 5.01. The molecule has 3 N–H and O–H groups in total. The number of carbonyl (C=O) groups is 2. The number of thiophene rings is 1. The van der Waals surface area contributed by atoms with Crippen molar-refractivity contribution in [2.45, 2.75) is 26.3 Å². The van der Waals surface area contributed by atoms with Crippen LogP contribution in [0.4, 0.5) is 17.2 Å². The summed E-state index contributed by atoms with van der Waals surface area (Å²) < 4.78 is 2.12. The third-order valence-electron chi connectivity index (χ3n) is 4.70. The number of fused-ring (bicyclic) bond motifs is 1. The van der Waals surface area contributed by atoms with Crippen molar-refractivity contribution in [3.8, 4) is 0 Å². The first kappa shape index (κ1) is 19.4. The minimum atomic E-state index is -1.18. The molecule has 0 unspecified atom stereocenters. The van der Waals surface area contributed by atoms with E-state index < -0.39 is 5.97 Å². The molecule has 8 nitrogen and oxygen atoms in total. The lowest BCUT2D eigenvalue weighted by molar-refractivity contribution is -0.117. The van der Waals surface area contributed by atoms with Crippen molar-refractivity contribution in [1.82, 2.24) is 9.55 Å². The van der Waals surface area contributed by atoms with E-state index in [0.717, 1.165) is 12.8 Å². The molecule has 1 fully saturated rings. The van der Waals surface area contributed by atoms with Crippen LogP contribution in [0.2, 0.25) is 5.02 Å². The van der Waals surface area contributed by atoms with Crippen LogP contribution in [0.5, 0.6) is 0 Å². The molecule has 1 amide bonds. The molecule has 3 heterocycles. The molecule has 1 aliphatic rings. The first-order valence-electron chi connectivity index (χ1n) is 9.00. The van der Waals surface area contributed by atoms with Gasteiger partial charge >= 0.3 is 5.97 Å². The van der Waals surface area contributed by atoms with Gasteiger partial charge in [-0.05, 0) is 19.8 Å². The Hall–Kier alpha value is -2.91. The number of carbonyl (C=O) groups excluding carboxylic acids is 1. The average molecular weight is 433 g/mol. The summed E-state index contributed by atoms with van der Waals surface area (Å²) in [6.07, 6.45) is 4.46. The summed E-state index contributed by atoms with van der Waals surface area (Å²) in [5.74, 6) is -1.07. The predicted molar refractivity (Wildman–Crippen MR) is 113 cm³/mol. The Morgan fingerprint density at radius 2 is 2.14 bits per heavy atom. The van der Waals surface area contributed by atoms with Crippen LogP contribution in [0.25, 0.3) is 10.1 Å². The maximum atomic E-state index is 12.8. The van der Waals surface area contributed by atoms with Crippen molar-refractivity contribution in [3.63, 3.8) is 0 Å². The zero-order valence-electron chi connectivity index (χ0n) is 15.4. The van der Waals surface area contributed by atoms with Gasteiger partial charge in [0.1, 0.15) is 11.4 Å². The molecule has 0 radical (unpaired) electrons. The normalized spacial score (nSPS) is 13.4. The molecule has 3 aromatic rings. The molecule has 3 aromatic heterocycles. The number of halogens is 1. The standard InChI is InChI=1S/C19H17ClN4O4S/c1-2-24-7-11(20)16-15(18(24)26)13(8-29-16)22-12-5-14(21-6-10(12)19(27)28)23-17(25)9-3-4-9/h5-9H,2-4H2,1H3,(H,27,28)(H2,21,22,23,25). The molecule has 1 saturated carbocycles. The zero-order chi connectivity index (χ0) is 20.7. The van der Waals surface area contributed by atoms with Gasteiger partial charge in [-0.25, -0.2) is 9.78 Å². The smallest absolute Gasteiger partial charge is 0.339 e. The number of carboxylic acid groups (broad SMARTS) is 1. The molecule has 0 aliphatic heterocycles. The van der Waals surface area contributed by atoms with Crippen LogP contribution in [-0.4, -0.2) is 26.5 Å². The van der Waals surface area contributed by atoms with Crippen molar-refractivity contribution in [2.24, 2.45) is 5.92 Å². The molecule has 1 aliphatic carbocycles. The quantitative estimate of drug-likeness (QED) is 0.544. The number of nitrogens with one attached hydrogen (secondary N) is 2. The third kappa shape index (κ3) is 3.70. The van der Waals surface area contributed by atoms with Crippen LogP contribution in [0, 0.1) is 5.92 Å². The van der Waals surface area contributed by atoms with Crippen LogP contribution < -0.4 is 16.2 Å². The van der Waals surface area contributed by atoms with E-state index in [4.69, 9.17) is 11.6 Å². The molecule has 29 heavy (non-hydrogen) atoms. The average Bonchev–Trinajstić information content (AvgIpc) is 3.45. The van der Waals surface area contributed by atoms with Crippen molar-refractivity contribution in [3.05, 3.63) is 44.8 Å². The number of hydrogen-bond donors (Lipinski definition) is 3. The second kappa shape index (κ2) is 7.49. The van der Waals surface area contributed by atoms with Crippen molar-refractivity contribution in [2.75, 3.05) is 10.6 Å². The summed E-state index contributed by atoms with van der Waals surface area (Å²) in [5, 5.41) is 17.8. The lowest BCUT2D eigenvalue weighted by Crippen LogP contribution is -2.19. The highest BCUT2D eigenvalue weighted by Crippen LogP contribution is 2.36. The van der Waals surface area contributed by atoms with Crippen LogP contribution >= 0.6 is 22.9 Å². The van der Waals surface area contributed by atoms with Crippen LogP contribution in [0.15, 0.2) is 28.6 Å². The zero-order valence-corrected chi connectivity index (χ0v) is 16.9. The molecule has 0 bridgehead atoms. The van der Waals surface area contributed by atoms with Gasteiger partial charge in [-0.2, -0.15) is 0 Å². The molecular formula is C19H17ClN4O4S. The lowest BCUT2D eigenvalue weighted by Gasteiger charge is -2.12. The number of aromatic nitrogens is 2. The molecule has 150 valence electrons. The van der Waals surface area contributed by atoms with E-state index in [2.05, 4.69) is 15.6 Å². The Labute approximate surface area is 174 Å². The van der Waals surface area contributed by atoms with Gasteiger partial charge in [0.2, 0.25) is 5.91 Å². The summed E-state index contributed by atoms with van der Waals surface area (Å²) in [4.78, 5) is 40.4. The first-order chi connectivity index (χ1) is 13.9. The van der Waals surface area contributed by atoms with Gasteiger partial charge in [0.25, 0.3) is 5.56 Å². The fourth-order valence-electron chi connectivity index (χ4n) is 2.99. The molecule has 0 saturated heterocycles. The third-order valence-corrected chi connectivity index (χ3v) is 6.11. The second-order valence-corrected chi connectivity index (χ2v) is 8.02. The minimum Gasteiger partial charge on any atom is -0.478 e. The van der Waals surface area contributed by atoms with E-state index in [1.54, 1.807) is 11.6 Å². The summed E-state index contributed by atoms with van der Waals surface area (Å²) in [7, 11) is 0. The number of aryl methyl sites for hydroxylation is 1. The molecule has 4 rings (SSSR count). The molecule has 10 heteroatoms. The van der Waals surface area contributed by atoms with Gasteiger partial charge in [0.05, 0.1) is 26.5 Å². The van der Waals surface area contributed by atoms with E-state index in [0.29, 0.717) is 27.3 Å². The largest absolute Gasteiger partial charge is 0.478 e. The number of anilines is 3. The number of hydrogen-bond acceptors (Lipinski definition) is 6. The molecule has 0 aromatic carbocycles. The second-order valence-electron chi connectivity index (χ2n) is 6.73. The Balaban J connectivity index is 1.76. The van der Waals surface area contributed by atoms with Crippen molar-refractivity contribution in [1.29, 1.82) is 0 Å². The molecular weight excluding hydrogens is 416 g/mol. The Bertz CT molecular complexity index is 1200. The number of aromatic carboxylic acids is 1. The van der Waals surface area contributed by atoms with Crippen LogP contribution in [-0.2, 0) is 11.3 Å². The van der Waals surface area contributed by atoms with Gasteiger partial charge in [0.15, 0.2) is 0 Å². The van der Waals surface area contributed by atoms with E-state index in [1.165, 1.54) is 28.2 Å². The number of carboxylic acids is 1. The highest BCUT2D eigenvalue weighted by molar-refractivity contribution is 7.18. The minimum absolute atomic E-state index is 0.0113. The number of nitrogens with zero attached hydrogens (tertiary/aromatic N) is 2. The topological polar surface area (TPSA) is 113 Å². The van der Waals surface area contributed by atoms with Gasteiger partial charge in [-0.15, -0.1) is 11.3 Å². The maximum absolute atomic E-state index is 12.8. The summed E-state index contributed by atoms with van der Waals surface area (Å²) >= 11 is 7.59. The maximum Gasteiger partial charge on any atom is 0.339 e.